The van der Waals surface area contributed by atoms with Crippen LogP contribution in [0.15, 0.2) is 30.3 Å². The molecule has 1 N–H and O–H groups in total. The average Bonchev–Trinajstić information content (AvgIpc) is 2.05. The van der Waals surface area contributed by atoms with E-state index in [0.29, 0.717) is 0 Å². The molecule has 2 rings (SSSR count). The Morgan fingerprint density at radius 3 is 2.91 bits per heavy atom. The molecule has 0 radical (unpaired) electrons. The van der Waals surface area contributed by atoms with Crippen LogP contribution in [0.4, 0.5) is 5.69 Å². The first kappa shape index (κ1) is 9.48. The van der Waals surface area contributed by atoms with E-state index in [1.165, 1.54) is 11.3 Å². The van der Waals surface area contributed by atoms with E-state index in [1.54, 1.807) is 0 Å². The van der Waals surface area contributed by atoms with Crippen molar-refractivity contribution in [2.45, 2.75) is 0 Å². The first-order valence-electron chi connectivity index (χ1n) is 3.46. The second kappa shape index (κ2) is 4.43. The van der Waals surface area contributed by atoms with Crippen LogP contribution < -0.4 is 56.7 Å². The van der Waals surface area contributed by atoms with Crippen molar-refractivity contribution in [3.8, 4) is 0 Å². The van der Waals surface area contributed by atoms with Crippen molar-refractivity contribution in [2.75, 3.05) is 11.9 Å². The molecular formula is C9H10KN. The fraction of sp³-hybridized carbons (Fsp3) is 0.111. The number of nitrogens with one attached hydrogen (secondary N) is 1. The van der Waals surface area contributed by atoms with Gasteiger partial charge >= 0.3 is 51.4 Å². The first-order chi connectivity index (χ1) is 4.97. The Hall–Kier alpha value is 0.396. The topological polar surface area (TPSA) is 12.0 Å². The van der Waals surface area contributed by atoms with Gasteiger partial charge in [0.2, 0.25) is 0 Å². The van der Waals surface area contributed by atoms with Crippen LogP contribution in [-0.4, -0.2) is 6.54 Å². The molecule has 0 unspecified atom stereocenters. The van der Waals surface area contributed by atoms with E-state index in [1.807, 2.05) is 6.07 Å². The number of rotatable bonds is 0. The van der Waals surface area contributed by atoms with Gasteiger partial charge in [0, 0.05) is 12.2 Å². The summed E-state index contributed by atoms with van der Waals surface area (Å²) in [5, 5.41) is 3.28. The van der Waals surface area contributed by atoms with Crippen molar-refractivity contribution in [1.29, 1.82) is 0 Å². The molecule has 52 valence electrons. The van der Waals surface area contributed by atoms with E-state index in [0.717, 1.165) is 6.54 Å². The van der Waals surface area contributed by atoms with Crippen molar-refractivity contribution < 1.29 is 52.8 Å². The summed E-state index contributed by atoms with van der Waals surface area (Å²) >= 11 is 0. The van der Waals surface area contributed by atoms with E-state index in [-0.39, 0.29) is 52.8 Å². The van der Waals surface area contributed by atoms with Crippen molar-refractivity contribution in [1.82, 2.24) is 0 Å². The summed E-state index contributed by atoms with van der Waals surface area (Å²) in [5.41, 5.74) is 2.53. The molecule has 1 aromatic carbocycles. The molecule has 0 saturated heterocycles. The monoisotopic (exact) mass is 171 g/mol. The molecule has 1 aliphatic rings. The summed E-state index contributed by atoms with van der Waals surface area (Å²) in [7, 11) is 0. The van der Waals surface area contributed by atoms with Crippen LogP contribution >= 0.6 is 0 Å². The van der Waals surface area contributed by atoms with E-state index in [4.69, 9.17) is 0 Å². The van der Waals surface area contributed by atoms with Gasteiger partial charge in [0.25, 0.3) is 0 Å². The summed E-state index contributed by atoms with van der Waals surface area (Å²) in [5.74, 6) is 0. The van der Waals surface area contributed by atoms with Crippen molar-refractivity contribution in [2.24, 2.45) is 0 Å². The molecule has 0 atom stereocenters. The van der Waals surface area contributed by atoms with Crippen molar-refractivity contribution in [3.05, 3.63) is 35.9 Å². The maximum atomic E-state index is 3.28. The molecule has 2 heteroatoms. The van der Waals surface area contributed by atoms with E-state index < -0.39 is 0 Å². The summed E-state index contributed by atoms with van der Waals surface area (Å²) in [6, 6.07) is 8.30. The largest absolute Gasteiger partial charge is 1.00 e. The third kappa shape index (κ3) is 2.17. The zero-order valence-electron chi connectivity index (χ0n) is 7.67. The second-order valence-electron chi connectivity index (χ2n) is 2.37. The molecule has 1 aromatic rings. The van der Waals surface area contributed by atoms with Crippen LogP contribution in [0, 0.1) is 0 Å². The van der Waals surface area contributed by atoms with Gasteiger partial charge in [-0.1, -0.05) is 30.4 Å². The van der Waals surface area contributed by atoms with Gasteiger partial charge in [-0.2, -0.15) is 0 Å². The summed E-state index contributed by atoms with van der Waals surface area (Å²) in [6.07, 6.45) is 4.27. The summed E-state index contributed by atoms with van der Waals surface area (Å²) in [6.45, 7) is 0.955. The van der Waals surface area contributed by atoms with E-state index >= 15 is 0 Å². The molecule has 0 bridgehead atoms. The van der Waals surface area contributed by atoms with Gasteiger partial charge in [-0.15, -0.1) is 0 Å². The van der Waals surface area contributed by atoms with Gasteiger partial charge in [0.1, 0.15) is 0 Å². The maximum Gasteiger partial charge on any atom is 1.00 e. The Bertz CT molecular complexity index is 273. The first-order valence-corrected chi connectivity index (χ1v) is 3.46. The molecule has 1 heterocycles. The van der Waals surface area contributed by atoms with Gasteiger partial charge in [-0.05, 0) is 11.6 Å². The summed E-state index contributed by atoms with van der Waals surface area (Å²) in [4.78, 5) is 0. The standard InChI is InChI=1S/C9H9N.K.H/c1-2-6-9-8(4-1)5-3-7-10-9;;/h1-6,10H,7H2;;/q;+1;-1. The number of anilines is 1. The van der Waals surface area contributed by atoms with Gasteiger partial charge in [-0.3, -0.25) is 0 Å². The minimum absolute atomic E-state index is 0. The maximum absolute atomic E-state index is 3.28. The second-order valence-corrected chi connectivity index (χ2v) is 2.37. The number of hydrogen-bond acceptors (Lipinski definition) is 1. The average molecular weight is 171 g/mol. The van der Waals surface area contributed by atoms with Crippen LogP contribution in [0.25, 0.3) is 6.08 Å². The Kier molecular flexibility index (Phi) is 3.82. The van der Waals surface area contributed by atoms with E-state index in [9.17, 15) is 0 Å². The minimum Gasteiger partial charge on any atom is -1.00 e. The molecule has 0 saturated carbocycles. The van der Waals surface area contributed by atoms with E-state index in [2.05, 4.69) is 35.7 Å². The van der Waals surface area contributed by atoms with Crippen LogP contribution in [-0.2, 0) is 0 Å². The Morgan fingerprint density at radius 2 is 2.09 bits per heavy atom. The molecule has 0 aliphatic carbocycles. The van der Waals surface area contributed by atoms with Crippen molar-refractivity contribution in [3.63, 3.8) is 0 Å². The summed E-state index contributed by atoms with van der Waals surface area (Å²) < 4.78 is 0. The molecule has 1 aliphatic heterocycles. The third-order valence-corrected chi connectivity index (χ3v) is 1.67. The van der Waals surface area contributed by atoms with Crippen molar-refractivity contribution >= 4 is 11.8 Å². The predicted octanol–water partition coefficient (Wildman–Crippen LogP) is -0.758. The molecule has 0 spiro atoms. The smallest absolute Gasteiger partial charge is 1.00 e. The van der Waals surface area contributed by atoms with Gasteiger partial charge in [0.05, 0.1) is 0 Å². The molecular weight excluding hydrogens is 161 g/mol. The van der Waals surface area contributed by atoms with Crippen LogP contribution in [0.5, 0.6) is 0 Å². The number of hydrogen-bond donors (Lipinski definition) is 1. The van der Waals surface area contributed by atoms with Gasteiger partial charge in [0.15, 0.2) is 0 Å². The zero-order valence-corrected chi connectivity index (χ0v) is 9.79. The van der Waals surface area contributed by atoms with Crippen LogP contribution in [0.2, 0.25) is 0 Å². The quantitative estimate of drug-likeness (QED) is 0.506. The molecule has 1 nitrogen and oxygen atoms in total. The Balaban J connectivity index is 0.000000605. The third-order valence-electron chi connectivity index (χ3n) is 1.67. The molecule has 11 heavy (non-hydrogen) atoms. The minimum atomic E-state index is 0. The fourth-order valence-electron chi connectivity index (χ4n) is 1.16. The normalized spacial score (nSPS) is 12.7. The SMILES string of the molecule is C1=Cc2ccccc2NC1.[H-].[K+]. The predicted molar refractivity (Wildman–Crippen MR) is 45.1 cm³/mol. The Labute approximate surface area is 111 Å². The van der Waals surface area contributed by atoms with Crippen LogP contribution in [0.3, 0.4) is 0 Å². The number of para-hydroxylation sites is 1. The van der Waals surface area contributed by atoms with Gasteiger partial charge < -0.3 is 6.74 Å². The molecule has 0 fully saturated rings. The fourth-order valence-corrected chi connectivity index (χ4v) is 1.16. The Morgan fingerprint density at radius 1 is 1.27 bits per heavy atom. The number of benzene rings is 1. The zero-order chi connectivity index (χ0) is 6.81. The molecule has 0 amide bonds. The molecule has 0 aromatic heterocycles. The van der Waals surface area contributed by atoms with Gasteiger partial charge in [-0.25, -0.2) is 0 Å². The van der Waals surface area contributed by atoms with Crippen LogP contribution in [0.1, 0.15) is 6.99 Å². The number of fused-ring (bicyclic) bond motifs is 1.